The highest BCUT2D eigenvalue weighted by Gasteiger charge is 2.15. The number of anilines is 1. The van der Waals surface area contributed by atoms with Gasteiger partial charge in [-0.2, -0.15) is 0 Å². The molecule has 1 aromatic heterocycles. The molecule has 0 bridgehead atoms. The average Bonchev–Trinajstić information content (AvgIpc) is 2.64. The Morgan fingerprint density at radius 3 is 2.65 bits per heavy atom. The maximum atomic E-state index is 13.7. The molecule has 3 nitrogen and oxygen atoms in total. The third-order valence-corrected chi connectivity index (χ3v) is 2.77. The van der Waals surface area contributed by atoms with Gasteiger partial charge in [0.1, 0.15) is 17.3 Å². The van der Waals surface area contributed by atoms with Crippen molar-refractivity contribution in [2.45, 2.75) is 26.8 Å². The van der Waals surface area contributed by atoms with E-state index in [9.17, 15) is 4.39 Å². The van der Waals surface area contributed by atoms with Crippen LogP contribution in [0.4, 0.5) is 10.2 Å². The summed E-state index contributed by atoms with van der Waals surface area (Å²) in [6.07, 6.45) is 1.65. The minimum atomic E-state index is -0.295. The molecule has 0 aliphatic carbocycles. The van der Waals surface area contributed by atoms with Crippen molar-refractivity contribution in [3.05, 3.63) is 35.9 Å². The molecule has 0 aliphatic heterocycles. The van der Waals surface area contributed by atoms with Crippen molar-refractivity contribution < 1.29 is 4.39 Å². The highest BCUT2D eigenvalue weighted by atomic mass is 19.1. The summed E-state index contributed by atoms with van der Waals surface area (Å²) in [5.41, 5.74) is 7.95. The fourth-order valence-electron chi connectivity index (χ4n) is 1.81. The number of benzene rings is 1. The standard InChI is InChI=1S/C13H16FN3/c1-8(2)17-7-16-12(13(17)15)10-6-9(3)4-5-11(10)14/h4-8H,15H2,1-3H3. The number of nitrogens with zero attached hydrogens (tertiary/aromatic N) is 2. The summed E-state index contributed by atoms with van der Waals surface area (Å²) in [5.74, 6) is 0.209. The molecule has 2 rings (SSSR count). The molecule has 0 amide bonds. The summed E-state index contributed by atoms with van der Waals surface area (Å²) in [7, 11) is 0. The van der Waals surface area contributed by atoms with Crippen LogP contribution >= 0.6 is 0 Å². The number of nitrogen functional groups attached to an aromatic ring is 1. The lowest BCUT2D eigenvalue weighted by Gasteiger charge is -2.09. The van der Waals surface area contributed by atoms with Gasteiger partial charge in [-0.3, -0.25) is 0 Å². The van der Waals surface area contributed by atoms with Gasteiger partial charge in [-0.1, -0.05) is 11.6 Å². The van der Waals surface area contributed by atoms with Crippen LogP contribution in [0.3, 0.4) is 0 Å². The number of imidazole rings is 1. The van der Waals surface area contributed by atoms with Crippen LogP contribution in [0, 0.1) is 12.7 Å². The Bertz CT molecular complexity index is 544. The molecule has 0 saturated carbocycles. The van der Waals surface area contributed by atoms with E-state index in [2.05, 4.69) is 4.98 Å². The van der Waals surface area contributed by atoms with Crippen molar-refractivity contribution in [1.82, 2.24) is 9.55 Å². The van der Waals surface area contributed by atoms with Crippen molar-refractivity contribution in [3.8, 4) is 11.3 Å². The molecule has 0 atom stereocenters. The predicted octanol–water partition coefficient (Wildman–Crippen LogP) is 3.16. The number of nitrogens with two attached hydrogens (primary N) is 1. The SMILES string of the molecule is Cc1ccc(F)c(-c2ncn(C(C)C)c2N)c1. The molecule has 1 heterocycles. The van der Waals surface area contributed by atoms with Gasteiger partial charge in [0.2, 0.25) is 0 Å². The van der Waals surface area contributed by atoms with Crippen LogP contribution in [0.25, 0.3) is 11.3 Å². The topological polar surface area (TPSA) is 43.8 Å². The van der Waals surface area contributed by atoms with E-state index < -0.39 is 0 Å². The normalized spacial score (nSPS) is 11.1. The summed E-state index contributed by atoms with van der Waals surface area (Å²) in [5, 5.41) is 0. The third kappa shape index (κ3) is 2.02. The molecular formula is C13H16FN3. The van der Waals surface area contributed by atoms with Crippen molar-refractivity contribution in [3.63, 3.8) is 0 Å². The van der Waals surface area contributed by atoms with Crippen molar-refractivity contribution in [1.29, 1.82) is 0 Å². The van der Waals surface area contributed by atoms with Gasteiger partial charge in [-0.05, 0) is 32.9 Å². The summed E-state index contributed by atoms with van der Waals surface area (Å²) in [6, 6.07) is 5.15. The van der Waals surface area contributed by atoms with E-state index in [1.165, 1.54) is 6.07 Å². The zero-order chi connectivity index (χ0) is 12.6. The van der Waals surface area contributed by atoms with E-state index in [-0.39, 0.29) is 11.9 Å². The second-order valence-corrected chi connectivity index (χ2v) is 4.46. The maximum absolute atomic E-state index is 13.7. The van der Waals surface area contributed by atoms with Crippen LogP contribution in [0.5, 0.6) is 0 Å². The Balaban J connectivity index is 2.57. The molecule has 90 valence electrons. The maximum Gasteiger partial charge on any atom is 0.132 e. The summed E-state index contributed by atoms with van der Waals surface area (Å²) >= 11 is 0. The van der Waals surface area contributed by atoms with E-state index in [0.29, 0.717) is 17.1 Å². The van der Waals surface area contributed by atoms with Gasteiger partial charge in [0.15, 0.2) is 0 Å². The minimum Gasteiger partial charge on any atom is -0.383 e. The smallest absolute Gasteiger partial charge is 0.132 e. The molecule has 0 unspecified atom stereocenters. The van der Waals surface area contributed by atoms with Gasteiger partial charge in [-0.15, -0.1) is 0 Å². The molecule has 2 aromatic rings. The highest BCUT2D eigenvalue weighted by Crippen LogP contribution is 2.29. The van der Waals surface area contributed by atoms with E-state index in [4.69, 9.17) is 5.73 Å². The number of halogens is 1. The van der Waals surface area contributed by atoms with Crippen LogP contribution < -0.4 is 5.73 Å². The predicted molar refractivity (Wildman–Crippen MR) is 67.2 cm³/mol. The fraction of sp³-hybridized carbons (Fsp3) is 0.308. The van der Waals surface area contributed by atoms with Crippen molar-refractivity contribution >= 4 is 5.82 Å². The van der Waals surface area contributed by atoms with E-state index >= 15 is 0 Å². The first-order valence-electron chi connectivity index (χ1n) is 5.59. The minimum absolute atomic E-state index is 0.212. The molecule has 4 heteroatoms. The van der Waals surface area contributed by atoms with Gasteiger partial charge in [0.05, 0.1) is 6.33 Å². The lowest BCUT2D eigenvalue weighted by atomic mass is 10.1. The number of hydrogen-bond acceptors (Lipinski definition) is 2. The summed E-state index contributed by atoms with van der Waals surface area (Å²) < 4.78 is 15.6. The van der Waals surface area contributed by atoms with E-state index in [1.54, 1.807) is 18.5 Å². The Hall–Kier alpha value is -1.84. The number of aromatic nitrogens is 2. The molecular weight excluding hydrogens is 217 g/mol. The van der Waals surface area contributed by atoms with Crippen LogP contribution in [0.1, 0.15) is 25.5 Å². The number of aryl methyl sites for hydroxylation is 1. The first-order valence-corrected chi connectivity index (χ1v) is 5.59. The Morgan fingerprint density at radius 1 is 1.35 bits per heavy atom. The van der Waals surface area contributed by atoms with Crippen molar-refractivity contribution in [2.24, 2.45) is 0 Å². The lowest BCUT2D eigenvalue weighted by molar-refractivity contribution is 0.607. The van der Waals surface area contributed by atoms with Crippen LogP contribution in [-0.4, -0.2) is 9.55 Å². The highest BCUT2D eigenvalue weighted by molar-refractivity contribution is 5.71. The quantitative estimate of drug-likeness (QED) is 0.865. The molecule has 0 radical (unpaired) electrons. The molecule has 2 N–H and O–H groups in total. The Morgan fingerprint density at radius 2 is 2.06 bits per heavy atom. The van der Waals surface area contributed by atoms with E-state index in [0.717, 1.165) is 5.56 Å². The Labute approximate surface area is 100 Å². The zero-order valence-corrected chi connectivity index (χ0v) is 10.2. The monoisotopic (exact) mass is 233 g/mol. The molecule has 1 aromatic carbocycles. The first-order chi connectivity index (χ1) is 8.00. The van der Waals surface area contributed by atoms with Gasteiger partial charge in [0, 0.05) is 11.6 Å². The number of rotatable bonds is 2. The molecule has 0 saturated heterocycles. The van der Waals surface area contributed by atoms with Gasteiger partial charge >= 0.3 is 0 Å². The van der Waals surface area contributed by atoms with Crippen molar-refractivity contribution in [2.75, 3.05) is 5.73 Å². The molecule has 0 spiro atoms. The van der Waals surface area contributed by atoms with Crippen LogP contribution in [0.2, 0.25) is 0 Å². The van der Waals surface area contributed by atoms with Crippen LogP contribution in [0.15, 0.2) is 24.5 Å². The van der Waals surface area contributed by atoms with Gasteiger partial charge in [-0.25, -0.2) is 9.37 Å². The Kier molecular flexibility index (Phi) is 2.88. The molecule has 0 aliphatic rings. The number of hydrogen-bond donors (Lipinski definition) is 1. The van der Waals surface area contributed by atoms with Gasteiger partial charge < -0.3 is 10.3 Å². The first kappa shape index (κ1) is 11.6. The van der Waals surface area contributed by atoms with Gasteiger partial charge in [0.25, 0.3) is 0 Å². The zero-order valence-electron chi connectivity index (χ0n) is 10.2. The van der Waals surface area contributed by atoms with E-state index in [1.807, 2.05) is 25.3 Å². The summed E-state index contributed by atoms with van der Waals surface area (Å²) in [6.45, 7) is 5.93. The molecule has 0 fully saturated rings. The largest absolute Gasteiger partial charge is 0.383 e. The fourth-order valence-corrected chi connectivity index (χ4v) is 1.81. The van der Waals surface area contributed by atoms with Crippen LogP contribution in [-0.2, 0) is 0 Å². The second kappa shape index (κ2) is 4.20. The summed E-state index contributed by atoms with van der Waals surface area (Å²) in [4.78, 5) is 4.21. The lowest BCUT2D eigenvalue weighted by Crippen LogP contribution is -2.04. The molecule has 17 heavy (non-hydrogen) atoms. The average molecular weight is 233 g/mol. The second-order valence-electron chi connectivity index (χ2n) is 4.46. The third-order valence-electron chi connectivity index (χ3n) is 2.77.